The Morgan fingerprint density at radius 1 is 1.10 bits per heavy atom. The first-order chi connectivity index (χ1) is 14.6. The molecule has 0 amide bonds. The molecule has 3 aromatic rings. The van der Waals surface area contributed by atoms with Gasteiger partial charge >= 0.3 is 5.97 Å². The summed E-state index contributed by atoms with van der Waals surface area (Å²) >= 11 is 0. The number of carbonyl (C=O) groups is 1. The highest BCUT2D eigenvalue weighted by Crippen LogP contribution is 2.28. The van der Waals surface area contributed by atoms with E-state index in [9.17, 15) is 9.90 Å². The van der Waals surface area contributed by atoms with Gasteiger partial charge in [-0.3, -0.25) is 4.79 Å². The van der Waals surface area contributed by atoms with E-state index in [1.165, 1.54) is 4.80 Å². The van der Waals surface area contributed by atoms with Gasteiger partial charge in [0.2, 0.25) is 0 Å². The van der Waals surface area contributed by atoms with Gasteiger partial charge < -0.3 is 9.84 Å². The van der Waals surface area contributed by atoms with Crippen molar-refractivity contribution in [3.8, 4) is 59.5 Å². The van der Waals surface area contributed by atoms with Crippen LogP contribution in [0.25, 0.3) is 16.7 Å². The number of phenolic OH excluding ortho intramolecular Hbond substituents is 1. The number of carbonyl (C=O) groups excluding carboxylic acids is 1. The molecular weight excluding hydrogens is 378 g/mol. The Hall–Kier alpha value is -4.65. The number of esters is 1. The first-order valence-electron chi connectivity index (χ1n) is 8.88. The molecule has 0 aliphatic carbocycles. The fourth-order valence-corrected chi connectivity index (χ4v) is 2.63. The van der Waals surface area contributed by atoms with E-state index in [0.29, 0.717) is 17.7 Å². The van der Waals surface area contributed by atoms with Crippen molar-refractivity contribution in [1.82, 2.24) is 15.0 Å². The number of fused-ring (bicyclic) bond motifs is 1. The van der Waals surface area contributed by atoms with Crippen molar-refractivity contribution in [2.24, 2.45) is 0 Å². The molecule has 6 nitrogen and oxygen atoms in total. The number of hydrogen-bond acceptors (Lipinski definition) is 5. The highest BCUT2D eigenvalue weighted by atomic mass is 16.5. The van der Waals surface area contributed by atoms with Crippen LogP contribution in [0.3, 0.4) is 0 Å². The first-order valence-corrected chi connectivity index (χ1v) is 8.88. The van der Waals surface area contributed by atoms with Gasteiger partial charge in [-0.05, 0) is 60.4 Å². The number of terminal acetylenes is 1. The number of aromatic nitrogens is 3. The summed E-state index contributed by atoms with van der Waals surface area (Å²) in [5.41, 5.74) is 3.36. The third kappa shape index (κ3) is 4.99. The lowest BCUT2D eigenvalue weighted by Gasteiger charge is -2.09. The number of aromatic hydroxyl groups is 1. The van der Waals surface area contributed by atoms with E-state index >= 15 is 0 Å². The Balaban J connectivity index is 1.70. The SMILES string of the molecule is C#CC#CC#CC#COC(=O)CCc1cc(C)c(O)c(-n2nc3ccccc3n2)c1. The summed E-state index contributed by atoms with van der Waals surface area (Å²) < 4.78 is 4.81. The molecule has 6 heteroatoms. The minimum Gasteiger partial charge on any atom is -0.505 e. The minimum atomic E-state index is -0.491. The van der Waals surface area contributed by atoms with E-state index in [1.54, 1.807) is 19.1 Å². The lowest BCUT2D eigenvalue weighted by atomic mass is 10.0. The predicted molar refractivity (Wildman–Crippen MR) is 112 cm³/mol. The Morgan fingerprint density at radius 3 is 2.47 bits per heavy atom. The Labute approximate surface area is 173 Å². The third-order valence-corrected chi connectivity index (χ3v) is 4.00. The maximum absolute atomic E-state index is 11.9. The molecule has 0 aliphatic heterocycles. The lowest BCUT2D eigenvalue weighted by Crippen LogP contribution is -2.04. The fourth-order valence-electron chi connectivity index (χ4n) is 2.63. The number of hydrogen-bond donors (Lipinski definition) is 1. The summed E-state index contributed by atoms with van der Waals surface area (Å²) in [5.74, 6) is 13.6. The molecule has 144 valence electrons. The Morgan fingerprint density at radius 2 is 1.77 bits per heavy atom. The summed E-state index contributed by atoms with van der Waals surface area (Å²) in [6.07, 6.45) is 7.67. The Bertz CT molecular complexity index is 1310. The van der Waals surface area contributed by atoms with Crippen LogP contribution in [0.5, 0.6) is 5.75 Å². The van der Waals surface area contributed by atoms with Crippen molar-refractivity contribution in [2.45, 2.75) is 19.8 Å². The van der Waals surface area contributed by atoms with E-state index in [4.69, 9.17) is 11.2 Å². The van der Waals surface area contributed by atoms with Crippen molar-refractivity contribution < 1.29 is 14.6 Å². The van der Waals surface area contributed by atoms with Crippen molar-refractivity contribution in [1.29, 1.82) is 0 Å². The van der Waals surface area contributed by atoms with Gasteiger partial charge in [0.05, 0.1) is 6.42 Å². The van der Waals surface area contributed by atoms with Crippen molar-refractivity contribution in [3.63, 3.8) is 0 Å². The number of phenols is 1. The molecule has 0 unspecified atom stereocenters. The van der Waals surface area contributed by atoms with Crippen LogP contribution in [-0.2, 0) is 16.0 Å². The molecular formula is C24H15N3O3. The predicted octanol–water partition coefficient (Wildman–Crippen LogP) is 2.51. The van der Waals surface area contributed by atoms with E-state index in [-0.39, 0.29) is 12.2 Å². The molecule has 0 aliphatic rings. The molecule has 0 bridgehead atoms. The summed E-state index contributed by atoms with van der Waals surface area (Å²) in [5, 5.41) is 19.3. The van der Waals surface area contributed by atoms with Gasteiger partial charge in [-0.25, -0.2) is 0 Å². The summed E-state index contributed by atoms with van der Waals surface area (Å²) in [4.78, 5) is 13.3. The molecule has 0 saturated heterocycles. The zero-order valence-corrected chi connectivity index (χ0v) is 16.1. The zero-order valence-electron chi connectivity index (χ0n) is 16.1. The van der Waals surface area contributed by atoms with Crippen molar-refractivity contribution in [3.05, 3.63) is 47.5 Å². The Kier molecular flexibility index (Phi) is 6.37. The second-order valence-electron chi connectivity index (χ2n) is 6.10. The fraction of sp³-hybridized carbons (Fsp3) is 0.125. The van der Waals surface area contributed by atoms with Crippen molar-refractivity contribution >= 4 is 17.0 Å². The molecule has 3 rings (SSSR count). The normalized spacial score (nSPS) is 9.20. The number of benzene rings is 2. The monoisotopic (exact) mass is 393 g/mol. The molecule has 0 fully saturated rings. The molecule has 0 saturated carbocycles. The number of nitrogens with zero attached hydrogens (tertiary/aromatic N) is 3. The van der Waals surface area contributed by atoms with Crippen LogP contribution < -0.4 is 0 Å². The maximum atomic E-state index is 11.9. The van der Waals surface area contributed by atoms with E-state index in [1.807, 2.05) is 24.3 Å². The molecule has 1 aromatic heterocycles. The molecule has 0 radical (unpaired) electrons. The standard InChI is InChI=1S/C24H15N3O3/c1-3-4-5-6-7-10-15-30-23(28)14-13-19-16-18(2)24(29)22(17-19)27-25-20-11-8-9-12-21(20)26-27/h1,8-9,11-12,16-17,29H,13-14H2,2H3. The molecule has 0 atom stereocenters. The van der Waals surface area contributed by atoms with E-state index in [0.717, 1.165) is 16.6 Å². The quantitative estimate of drug-likeness (QED) is 0.544. The van der Waals surface area contributed by atoms with Gasteiger partial charge in [-0.15, -0.1) is 21.4 Å². The molecule has 2 aromatic carbocycles. The smallest absolute Gasteiger partial charge is 0.320 e. The second kappa shape index (κ2) is 9.52. The number of aryl methyl sites for hydroxylation is 2. The van der Waals surface area contributed by atoms with Crippen LogP contribution in [0, 0.1) is 55.0 Å². The third-order valence-electron chi connectivity index (χ3n) is 4.00. The highest BCUT2D eigenvalue weighted by molar-refractivity contribution is 5.74. The van der Waals surface area contributed by atoms with E-state index in [2.05, 4.69) is 51.8 Å². The highest BCUT2D eigenvalue weighted by Gasteiger charge is 2.13. The van der Waals surface area contributed by atoms with Gasteiger partial charge in [-0.2, -0.15) is 0 Å². The van der Waals surface area contributed by atoms with Crippen LogP contribution in [0.15, 0.2) is 36.4 Å². The molecule has 1 heterocycles. The maximum Gasteiger partial charge on any atom is 0.320 e. The first kappa shape index (κ1) is 20.1. The van der Waals surface area contributed by atoms with Gasteiger partial charge in [0.25, 0.3) is 0 Å². The summed E-state index contributed by atoms with van der Waals surface area (Å²) in [6, 6.07) is 11.0. The molecule has 0 spiro atoms. The van der Waals surface area contributed by atoms with Gasteiger partial charge in [0.1, 0.15) is 28.6 Å². The zero-order chi connectivity index (χ0) is 21.3. The van der Waals surface area contributed by atoms with Crippen LogP contribution >= 0.6 is 0 Å². The summed E-state index contributed by atoms with van der Waals surface area (Å²) in [7, 11) is 0. The van der Waals surface area contributed by atoms with Gasteiger partial charge in [0, 0.05) is 17.8 Å². The second-order valence-corrected chi connectivity index (χ2v) is 6.10. The minimum absolute atomic E-state index is 0.0824. The van der Waals surface area contributed by atoms with Crippen LogP contribution in [-0.4, -0.2) is 26.1 Å². The average Bonchev–Trinajstić information content (AvgIpc) is 3.18. The van der Waals surface area contributed by atoms with Gasteiger partial charge in [0.15, 0.2) is 0 Å². The number of rotatable bonds is 4. The molecule has 1 N–H and O–H groups in total. The average molecular weight is 393 g/mol. The van der Waals surface area contributed by atoms with Crippen LogP contribution in [0.2, 0.25) is 0 Å². The van der Waals surface area contributed by atoms with E-state index < -0.39 is 5.97 Å². The van der Waals surface area contributed by atoms with Crippen LogP contribution in [0.4, 0.5) is 0 Å². The van der Waals surface area contributed by atoms with Crippen LogP contribution in [0.1, 0.15) is 17.5 Å². The lowest BCUT2D eigenvalue weighted by molar-refractivity contribution is -0.136. The van der Waals surface area contributed by atoms with Gasteiger partial charge in [-0.1, -0.05) is 18.2 Å². The number of ether oxygens (including phenoxy) is 1. The van der Waals surface area contributed by atoms with Crippen molar-refractivity contribution in [2.75, 3.05) is 0 Å². The largest absolute Gasteiger partial charge is 0.505 e. The molecule has 30 heavy (non-hydrogen) atoms. The topological polar surface area (TPSA) is 77.2 Å². The summed E-state index contributed by atoms with van der Waals surface area (Å²) in [6.45, 7) is 1.77.